The van der Waals surface area contributed by atoms with Crippen LogP contribution in [0.2, 0.25) is 10.0 Å². The van der Waals surface area contributed by atoms with E-state index in [1.54, 1.807) is 30.5 Å². The van der Waals surface area contributed by atoms with Gasteiger partial charge in [0.1, 0.15) is 5.75 Å². The Bertz CT molecular complexity index is 843. The number of benzene rings is 3. The minimum Gasteiger partial charge on any atom is -0.507 e. The Labute approximate surface area is 132 Å². The highest BCUT2D eigenvalue weighted by Crippen LogP contribution is 2.30. The van der Waals surface area contributed by atoms with E-state index in [-0.39, 0.29) is 5.75 Å². The third-order valence-electron chi connectivity index (χ3n) is 3.19. The summed E-state index contributed by atoms with van der Waals surface area (Å²) >= 11 is 12.0. The van der Waals surface area contributed by atoms with Gasteiger partial charge in [0, 0.05) is 16.8 Å². The molecule has 0 aliphatic heterocycles. The number of rotatable bonds is 2. The van der Waals surface area contributed by atoms with Gasteiger partial charge in [-0.3, -0.25) is 4.99 Å². The second kappa shape index (κ2) is 5.76. The molecule has 2 nitrogen and oxygen atoms in total. The number of phenols is 1. The number of halogens is 2. The van der Waals surface area contributed by atoms with Gasteiger partial charge in [0.15, 0.2) is 0 Å². The molecule has 0 aliphatic carbocycles. The Morgan fingerprint density at radius 1 is 0.952 bits per heavy atom. The number of hydrogen-bond acceptors (Lipinski definition) is 2. The van der Waals surface area contributed by atoms with Gasteiger partial charge in [0.05, 0.1) is 10.7 Å². The number of phenolic OH excluding ortho intramolecular Hbond substituents is 1. The summed E-state index contributed by atoms with van der Waals surface area (Å²) in [5.74, 6) is 0.176. The van der Waals surface area contributed by atoms with E-state index in [1.807, 2.05) is 30.3 Å². The van der Waals surface area contributed by atoms with Crippen molar-refractivity contribution in [3.05, 3.63) is 70.2 Å². The molecular formula is C17H11Cl2NO. The fourth-order valence-electron chi connectivity index (χ4n) is 2.14. The molecule has 0 bridgehead atoms. The summed E-state index contributed by atoms with van der Waals surface area (Å²) in [7, 11) is 0. The van der Waals surface area contributed by atoms with E-state index in [2.05, 4.69) is 4.99 Å². The van der Waals surface area contributed by atoms with Crippen LogP contribution in [0.5, 0.6) is 5.75 Å². The molecule has 1 N–H and O–H groups in total. The highest BCUT2D eigenvalue weighted by atomic mass is 35.5. The molecule has 3 aromatic rings. The van der Waals surface area contributed by atoms with E-state index < -0.39 is 0 Å². The predicted molar refractivity (Wildman–Crippen MR) is 89.3 cm³/mol. The van der Waals surface area contributed by atoms with Gasteiger partial charge in [0.25, 0.3) is 0 Å². The predicted octanol–water partition coefficient (Wildman–Crippen LogP) is 5.60. The first-order valence-electron chi connectivity index (χ1n) is 6.35. The van der Waals surface area contributed by atoms with Crippen molar-refractivity contribution in [2.24, 2.45) is 4.99 Å². The minimum absolute atomic E-state index is 0.176. The van der Waals surface area contributed by atoms with Gasteiger partial charge in [0.2, 0.25) is 0 Å². The van der Waals surface area contributed by atoms with E-state index in [0.29, 0.717) is 21.3 Å². The maximum atomic E-state index is 10.1. The molecule has 0 fully saturated rings. The molecule has 0 spiro atoms. The fourth-order valence-corrected chi connectivity index (χ4v) is 2.47. The zero-order valence-corrected chi connectivity index (χ0v) is 12.4. The first-order valence-corrected chi connectivity index (χ1v) is 7.10. The van der Waals surface area contributed by atoms with Crippen molar-refractivity contribution >= 4 is 45.9 Å². The molecule has 3 rings (SSSR count). The van der Waals surface area contributed by atoms with Crippen LogP contribution >= 0.6 is 23.2 Å². The third-order valence-corrected chi connectivity index (χ3v) is 3.74. The van der Waals surface area contributed by atoms with Crippen LogP contribution < -0.4 is 0 Å². The van der Waals surface area contributed by atoms with Gasteiger partial charge in [-0.15, -0.1) is 0 Å². The molecular weight excluding hydrogens is 305 g/mol. The van der Waals surface area contributed by atoms with Crippen LogP contribution in [0.3, 0.4) is 0 Å². The van der Waals surface area contributed by atoms with Crippen LogP contribution in [0.1, 0.15) is 5.56 Å². The molecule has 0 unspecified atom stereocenters. The van der Waals surface area contributed by atoms with Crippen LogP contribution in [0.4, 0.5) is 5.69 Å². The van der Waals surface area contributed by atoms with Crippen LogP contribution in [-0.2, 0) is 0 Å². The van der Waals surface area contributed by atoms with Crippen LogP contribution in [0, 0.1) is 0 Å². The summed E-state index contributed by atoms with van der Waals surface area (Å²) < 4.78 is 0. The number of aromatic hydroxyl groups is 1. The van der Waals surface area contributed by atoms with Crippen LogP contribution in [0.15, 0.2) is 59.6 Å². The average molecular weight is 316 g/mol. The lowest BCUT2D eigenvalue weighted by Crippen LogP contribution is -1.86. The minimum atomic E-state index is 0.176. The molecule has 3 aromatic carbocycles. The van der Waals surface area contributed by atoms with E-state index >= 15 is 0 Å². The van der Waals surface area contributed by atoms with Gasteiger partial charge in [-0.1, -0.05) is 53.5 Å². The topological polar surface area (TPSA) is 32.6 Å². The van der Waals surface area contributed by atoms with Gasteiger partial charge >= 0.3 is 0 Å². The standard InChI is InChI=1S/C17H11Cl2NO/c18-12-6-7-15(19)16(9-12)20-10-14-13-4-2-1-3-11(13)5-8-17(14)21/h1-10,21H. The van der Waals surface area contributed by atoms with Gasteiger partial charge in [-0.25, -0.2) is 0 Å². The van der Waals surface area contributed by atoms with Crippen molar-refractivity contribution in [1.29, 1.82) is 0 Å². The highest BCUT2D eigenvalue weighted by Gasteiger charge is 2.05. The summed E-state index contributed by atoms with van der Waals surface area (Å²) in [6.07, 6.45) is 1.61. The van der Waals surface area contributed by atoms with E-state index in [0.717, 1.165) is 10.8 Å². The Morgan fingerprint density at radius 3 is 2.62 bits per heavy atom. The van der Waals surface area contributed by atoms with Gasteiger partial charge in [-0.05, 0) is 35.0 Å². The lowest BCUT2D eigenvalue weighted by atomic mass is 10.0. The van der Waals surface area contributed by atoms with Crippen LogP contribution in [-0.4, -0.2) is 11.3 Å². The molecule has 0 saturated carbocycles. The summed E-state index contributed by atoms with van der Waals surface area (Å²) in [6.45, 7) is 0. The van der Waals surface area contributed by atoms with Crippen molar-refractivity contribution in [2.45, 2.75) is 0 Å². The van der Waals surface area contributed by atoms with Crippen molar-refractivity contribution in [3.63, 3.8) is 0 Å². The normalized spacial score (nSPS) is 11.3. The zero-order chi connectivity index (χ0) is 14.8. The summed E-state index contributed by atoms with van der Waals surface area (Å²) in [6, 6.07) is 16.4. The molecule has 104 valence electrons. The van der Waals surface area contributed by atoms with Crippen molar-refractivity contribution in [1.82, 2.24) is 0 Å². The van der Waals surface area contributed by atoms with E-state index in [9.17, 15) is 5.11 Å². The monoisotopic (exact) mass is 315 g/mol. The number of nitrogens with zero attached hydrogens (tertiary/aromatic N) is 1. The average Bonchev–Trinajstić information content (AvgIpc) is 2.49. The maximum Gasteiger partial charge on any atom is 0.124 e. The first-order chi connectivity index (χ1) is 10.1. The number of aliphatic imine (C=N–C) groups is 1. The van der Waals surface area contributed by atoms with Crippen molar-refractivity contribution in [2.75, 3.05) is 0 Å². The second-order valence-corrected chi connectivity index (χ2v) is 5.42. The van der Waals surface area contributed by atoms with Crippen LogP contribution in [0.25, 0.3) is 10.8 Å². The smallest absolute Gasteiger partial charge is 0.124 e. The van der Waals surface area contributed by atoms with Gasteiger partial charge < -0.3 is 5.11 Å². The quantitative estimate of drug-likeness (QED) is 0.613. The Hall–Kier alpha value is -2.03. The van der Waals surface area contributed by atoms with E-state index in [1.165, 1.54) is 0 Å². The van der Waals surface area contributed by atoms with Gasteiger partial charge in [-0.2, -0.15) is 0 Å². The Balaban J connectivity index is 2.11. The lowest BCUT2D eigenvalue weighted by Gasteiger charge is -2.05. The fraction of sp³-hybridized carbons (Fsp3) is 0. The lowest BCUT2D eigenvalue weighted by molar-refractivity contribution is 0.475. The summed E-state index contributed by atoms with van der Waals surface area (Å²) in [5, 5.41) is 13.1. The molecule has 0 radical (unpaired) electrons. The molecule has 0 saturated heterocycles. The largest absolute Gasteiger partial charge is 0.507 e. The second-order valence-electron chi connectivity index (χ2n) is 4.57. The number of hydrogen-bond donors (Lipinski definition) is 1. The SMILES string of the molecule is Oc1ccc2ccccc2c1C=Nc1cc(Cl)ccc1Cl. The first kappa shape index (κ1) is 13.9. The van der Waals surface area contributed by atoms with Crippen molar-refractivity contribution < 1.29 is 5.11 Å². The Kier molecular flexibility index (Phi) is 3.82. The van der Waals surface area contributed by atoms with Crippen molar-refractivity contribution in [3.8, 4) is 5.75 Å². The molecule has 4 heteroatoms. The maximum absolute atomic E-state index is 10.1. The summed E-state index contributed by atoms with van der Waals surface area (Å²) in [4.78, 5) is 4.35. The zero-order valence-electron chi connectivity index (χ0n) is 10.9. The highest BCUT2D eigenvalue weighted by molar-refractivity contribution is 6.35. The van der Waals surface area contributed by atoms with E-state index in [4.69, 9.17) is 23.2 Å². The molecule has 0 aromatic heterocycles. The Morgan fingerprint density at radius 2 is 1.76 bits per heavy atom. The molecule has 21 heavy (non-hydrogen) atoms. The molecule has 0 amide bonds. The molecule has 0 atom stereocenters. The number of fused-ring (bicyclic) bond motifs is 1. The summed E-state index contributed by atoms with van der Waals surface area (Å²) in [5.41, 5.74) is 1.22. The molecule has 0 heterocycles. The molecule has 0 aliphatic rings. The third kappa shape index (κ3) is 2.87.